The van der Waals surface area contributed by atoms with Gasteiger partial charge in [0.05, 0.1) is 10.8 Å². The third kappa shape index (κ3) is 5.02. The molecule has 1 aliphatic rings. The van der Waals surface area contributed by atoms with Gasteiger partial charge >= 0.3 is 0 Å². The monoisotopic (exact) mass is 357 g/mol. The molecule has 2 heteroatoms. The summed E-state index contributed by atoms with van der Waals surface area (Å²) in [6.45, 7) is 2.25. The Morgan fingerprint density at radius 2 is 1.85 bits per heavy atom. The number of nitrogens with zero attached hydrogens (tertiary/aromatic N) is 1. The first kappa shape index (κ1) is 18.3. The molecule has 0 fully saturated rings. The van der Waals surface area contributed by atoms with Crippen LogP contribution in [-0.4, -0.2) is 5.16 Å². The number of benzene rings is 2. The molecule has 0 saturated heterocycles. The summed E-state index contributed by atoms with van der Waals surface area (Å²) in [6.07, 6.45) is 9.41. The van der Waals surface area contributed by atoms with Crippen molar-refractivity contribution in [2.45, 2.75) is 45.4 Å². The molecule has 0 N–H and O–H groups in total. The molecular weight excluding hydrogens is 334 g/mol. The van der Waals surface area contributed by atoms with Crippen molar-refractivity contribution in [3.63, 3.8) is 0 Å². The molecule has 2 aromatic rings. The van der Waals surface area contributed by atoms with E-state index in [2.05, 4.69) is 83.6 Å². The molecule has 26 heavy (non-hydrogen) atoms. The molecule has 0 atom stereocenters. The normalized spacial score (nSPS) is 11.8. The Kier molecular flexibility index (Phi) is 6.56. The molecular formula is C24H23NS. The molecule has 0 radical (unpaired) electrons. The molecule has 0 saturated carbocycles. The fourth-order valence-electron chi connectivity index (χ4n) is 3.20. The van der Waals surface area contributed by atoms with E-state index in [-0.39, 0.29) is 0 Å². The van der Waals surface area contributed by atoms with Crippen LogP contribution in [0.1, 0.15) is 54.9 Å². The van der Waals surface area contributed by atoms with E-state index in [0.29, 0.717) is 0 Å². The maximum atomic E-state index is 4.67. The van der Waals surface area contributed by atoms with Crippen LogP contribution in [-0.2, 0) is 12.8 Å². The van der Waals surface area contributed by atoms with Crippen molar-refractivity contribution in [2.75, 3.05) is 0 Å². The third-order valence-electron chi connectivity index (χ3n) is 4.65. The van der Waals surface area contributed by atoms with Crippen LogP contribution in [0, 0.1) is 11.8 Å². The molecule has 0 unspecified atom stereocenters. The second-order valence-electron chi connectivity index (χ2n) is 6.69. The number of thiocarbonyl (C=S) groups is 1. The fraction of sp³-hybridized carbons (Fsp3) is 0.292. The second kappa shape index (κ2) is 9.30. The van der Waals surface area contributed by atoms with E-state index in [4.69, 9.17) is 0 Å². The van der Waals surface area contributed by atoms with Gasteiger partial charge in [0, 0.05) is 17.6 Å². The van der Waals surface area contributed by atoms with Crippen molar-refractivity contribution in [1.29, 1.82) is 0 Å². The van der Waals surface area contributed by atoms with E-state index in [1.807, 2.05) is 6.07 Å². The number of aliphatic imine (C=N–C) groups is 1. The summed E-state index contributed by atoms with van der Waals surface area (Å²) in [7, 11) is 0. The van der Waals surface area contributed by atoms with Crippen LogP contribution in [0.2, 0.25) is 0 Å². The fourth-order valence-corrected chi connectivity index (χ4v) is 3.30. The number of isothiocyanates is 1. The standard InChI is InChI=1S/C24H23NS/c1-2-3-4-5-6-19-7-9-20(10-8-19)11-12-21-15-22-13-14-24(25-18-26)17-23(22)16-21/h7-10,13-15,17H,2-6,16H2,1H3. The van der Waals surface area contributed by atoms with Crippen LogP contribution in [0.25, 0.3) is 6.08 Å². The van der Waals surface area contributed by atoms with Gasteiger partial charge < -0.3 is 0 Å². The highest BCUT2D eigenvalue weighted by Gasteiger charge is 2.11. The minimum Gasteiger partial charge on any atom is -0.195 e. The predicted molar refractivity (Wildman–Crippen MR) is 114 cm³/mol. The Labute approximate surface area is 161 Å². The maximum Gasteiger partial charge on any atom is 0.0742 e. The highest BCUT2D eigenvalue weighted by Crippen LogP contribution is 2.28. The van der Waals surface area contributed by atoms with Gasteiger partial charge in [-0.15, -0.1) is 0 Å². The van der Waals surface area contributed by atoms with Crippen molar-refractivity contribution in [2.24, 2.45) is 4.99 Å². The Balaban J connectivity index is 1.60. The van der Waals surface area contributed by atoms with E-state index in [9.17, 15) is 0 Å². The zero-order chi connectivity index (χ0) is 18.2. The number of allylic oxidation sites excluding steroid dienone is 1. The first-order valence-corrected chi connectivity index (χ1v) is 9.71. The lowest BCUT2D eigenvalue weighted by molar-refractivity contribution is 0.667. The minimum atomic E-state index is 0.857. The lowest BCUT2D eigenvalue weighted by atomic mass is 10.0. The molecule has 1 aliphatic carbocycles. The maximum absolute atomic E-state index is 4.67. The van der Waals surface area contributed by atoms with Gasteiger partial charge in [-0.3, -0.25) is 0 Å². The van der Waals surface area contributed by atoms with E-state index in [0.717, 1.165) is 23.2 Å². The van der Waals surface area contributed by atoms with Crippen molar-refractivity contribution < 1.29 is 0 Å². The van der Waals surface area contributed by atoms with Crippen LogP contribution >= 0.6 is 12.2 Å². The van der Waals surface area contributed by atoms with E-state index in [1.165, 1.54) is 48.8 Å². The molecule has 0 bridgehead atoms. The summed E-state index contributed by atoms with van der Waals surface area (Å²) in [5, 5.41) is 2.42. The lowest BCUT2D eigenvalue weighted by Gasteiger charge is -2.01. The van der Waals surface area contributed by atoms with E-state index >= 15 is 0 Å². The predicted octanol–water partition coefficient (Wildman–Crippen LogP) is 6.53. The summed E-state index contributed by atoms with van der Waals surface area (Å²) in [5.41, 5.74) is 6.96. The molecule has 2 aromatic carbocycles. The number of unbranched alkanes of at least 4 members (excludes halogenated alkanes) is 3. The van der Waals surface area contributed by atoms with Crippen LogP contribution in [0.3, 0.4) is 0 Å². The topological polar surface area (TPSA) is 12.4 Å². The summed E-state index contributed by atoms with van der Waals surface area (Å²) >= 11 is 4.67. The number of fused-ring (bicyclic) bond motifs is 1. The first-order valence-electron chi connectivity index (χ1n) is 9.31. The van der Waals surface area contributed by atoms with Crippen molar-refractivity contribution >= 4 is 29.1 Å². The Hall–Kier alpha value is -2.46. The molecule has 0 aliphatic heterocycles. The van der Waals surface area contributed by atoms with Gasteiger partial charge in [0.15, 0.2) is 0 Å². The number of hydrogen-bond acceptors (Lipinski definition) is 2. The van der Waals surface area contributed by atoms with Gasteiger partial charge in [-0.05, 0) is 72.1 Å². The molecule has 0 aromatic heterocycles. The van der Waals surface area contributed by atoms with Crippen molar-refractivity contribution in [1.82, 2.24) is 0 Å². The van der Waals surface area contributed by atoms with Crippen LogP contribution in [0.5, 0.6) is 0 Å². The first-order chi connectivity index (χ1) is 12.8. The minimum absolute atomic E-state index is 0.857. The van der Waals surface area contributed by atoms with Crippen molar-refractivity contribution in [3.05, 3.63) is 70.3 Å². The summed E-state index contributed by atoms with van der Waals surface area (Å²) in [5.74, 6) is 6.61. The summed E-state index contributed by atoms with van der Waals surface area (Å²) in [4.78, 5) is 4.05. The molecule has 0 spiro atoms. The van der Waals surface area contributed by atoms with Gasteiger partial charge in [0.2, 0.25) is 0 Å². The average Bonchev–Trinajstić information content (AvgIpc) is 3.07. The largest absolute Gasteiger partial charge is 0.195 e. The van der Waals surface area contributed by atoms with Crippen LogP contribution < -0.4 is 0 Å². The third-order valence-corrected chi connectivity index (χ3v) is 4.74. The van der Waals surface area contributed by atoms with Crippen LogP contribution in [0.15, 0.2) is 53.0 Å². The zero-order valence-corrected chi connectivity index (χ0v) is 16.0. The van der Waals surface area contributed by atoms with Gasteiger partial charge in [0.25, 0.3) is 0 Å². The van der Waals surface area contributed by atoms with Gasteiger partial charge in [0.1, 0.15) is 0 Å². The van der Waals surface area contributed by atoms with Gasteiger partial charge in [-0.25, -0.2) is 0 Å². The molecule has 130 valence electrons. The zero-order valence-electron chi connectivity index (χ0n) is 15.2. The van der Waals surface area contributed by atoms with Crippen LogP contribution in [0.4, 0.5) is 5.69 Å². The highest BCUT2D eigenvalue weighted by atomic mass is 32.1. The number of hydrogen-bond donors (Lipinski definition) is 0. The van der Waals surface area contributed by atoms with Crippen molar-refractivity contribution in [3.8, 4) is 11.8 Å². The Morgan fingerprint density at radius 3 is 2.62 bits per heavy atom. The molecule has 1 nitrogen and oxygen atoms in total. The second-order valence-corrected chi connectivity index (χ2v) is 6.87. The lowest BCUT2D eigenvalue weighted by Crippen LogP contribution is -1.86. The summed E-state index contributed by atoms with van der Waals surface area (Å²) < 4.78 is 0. The molecule has 0 heterocycles. The number of rotatable bonds is 6. The molecule has 0 amide bonds. The number of aryl methyl sites for hydroxylation is 1. The summed E-state index contributed by atoms with van der Waals surface area (Å²) in [6, 6.07) is 14.8. The Bertz CT molecular complexity index is 903. The Morgan fingerprint density at radius 1 is 1.00 bits per heavy atom. The van der Waals surface area contributed by atoms with E-state index < -0.39 is 0 Å². The highest BCUT2D eigenvalue weighted by molar-refractivity contribution is 7.78. The van der Waals surface area contributed by atoms with E-state index in [1.54, 1.807) is 0 Å². The smallest absolute Gasteiger partial charge is 0.0742 e. The average molecular weight is 358 g/mol. The molecule has 3 rings (SSSR count). The van der Waals surface area contributed by atoms with Gasteiger partial charge in [-0.2, -0.15) is 4.99 Å². The van der Waals surface area contributed by atoms with Gasteiger partial charge in [-0.1, -0.05) is 56.2 Å². The quantitative estimate of drug-likeness (QED) is 0.248. The SMILES string of the molecule is CCCCCCc1ccc(C#CC2=Cc3ccc(N=C=S)cc3C2)cc1.